The molecule has 2 aromatic rings. The molecule has 0 aliphatic carbocycles. The molecule has 4 nitrogen and oxygen atoms in total. The molecule has 0 saturated carbocycles. The minimum Gasteiger partial charge on any atom is -0.352 e. The van der Waals surface area contributed by atoms with Crippen LogP contribution in [0.15, 0.2) is 48.5 Å². The van der Waals surface area contributed by atoms with E-state index >= 15 is 0 Å². The number of hydrogen-bond donors (Lipinski definition) is 1. The Bertz CT molecular complexity index is 798. The average molecular weight is 371 g/mol. The van der Waals surface area contributed by atoms with Gasteiger partial charge in [-0.3, -0.25) is 9.59 Å². The number of likely N-dealkylation sites (tertiary alicyclic amines) is 1. The van der Waals surface area contributed by atoms with Crippen molar-refractivity contribution in [3.05, 3.63) is 70.2 Å². The van der Waals surface area contributed by atoms with E-state index in [0.29, 0.717) is 43.1 Å². The van der Waals surface area contributed by atoms with Crippen molar-refractivity contribution in [2.45, 2.75) is 26.3 Å². The second-order valence-corrected chi connectivity index (χ2v) is 7.16. The van der Waals surface area contributed by atoms with Crippen molar-refractivity contribution >= 4 is 23.4 Å². The molecule has 0 bridgehead atoms. The van der Waals surface area contributed by atoms with E-state index in [1.54, 1.807) is 29.2 Å². The SMILES string of the molecule is Cc1ccccc1CNC(=O)C1CCN(C(=O)c2cccc(Cl)c2)CC1. The summed E-state index contributed by atoms with van der Waals surface area (Å²) in [7, 11) is 0. The second kappa shape index (κ2) is 8.37. The van der Waals surface area contributed by atoms with Crippen LogP contribution in [0.3, 0.4) is 0 Å². The van der Waals surface area contributed by atoms with Gasteiger partial charge >= 0.3 is 0 Å². The number of hydrogen-bond acceptors (Lipinski definition) is 2. The Balaban J connectivity index is 1.51. The Hall–Kier alpha value is -2.33. The van der Waals surface area contributed by atoms with Gasteiger partial charge in [-0.1, -0.05) is 41.9 Å². The highest BCUT2D eigenvalue weighted by molar-refractivity contribution is 6.30. The Morgan fingerprint density at radius 1 is 1.12 bits per heavy atom. The summed E-state index contributed by atoms with van der Waals surface area (Å²) in [5.41, 5.74) is 2.91. The van der Waals surface area contributed by atoms with Gasteiger partial charge in [-0.25, -0.2) is 0 Å². The highest BCUT2D eigenvalue weighted by atomic mass is 35.5. The molecule has 1 N–H and O–H groups in total. The van der Waals surface area contributed by atoms with Gasteiger partial charge in [-0.05, 0) is 49.1 Å². The fourth-order valence-corrected chi connectivity index (χ4v) is 3.47. The zero-order valence-corrected chi connectivity index (χ0v) is 15.6. The molecule has 0 radical (unpaired) electrons. The lowest BCUT2D eigenvalue weighted by Crippen LogP contribution is -2.43. The Morgan fingerprint density at radius 3 is 2.54 bits per heavy atom. The molecular weight excluding hydrogens is 348 g/mol. The zero-order chi connectivity index (χ0) is 18.5. The molecule has 1 fully saturated rings. The molecule has 2 amide bonds. The maximum absolute atomic E-state index is 12.5. The van der Waals surface area contributed by atoms with Gasteiger partial charge in [0.1, 0.15) is 0 Å². The van der Waals surface area contributed by atoms with Crippen LogP contribution >= 0.6 is 11.6 Å². The predicted octanol–water partition coefficient (Wildman–Crippen LogP) is 3.82. The summed E-state index contributed by atoms with van der Waals surface area (Å²) >= 11 is 5.97. The molecule has 26 heavy (non-hydrogen) atoms. The van der Waals surface area contributed by atoms with Crippen molar-refractivity contribution in [3.63, 3.8) is 0 Å². The fourth-order valence-electron chi connectivity index (χ4n) is 3.28. The highest BCUT2D eigenvalue weighted by Gasteiger charge is 2.27. The lowest BCUT2D eigenvalue weighted by atomic mass is 9.95. The minimum absolute atomic E-state index is 0.0220. The van der Waals surface area contributed by atoms with Crippen LogP contribution in [0.5, 0.6) is 0 Å². The molecule has 1 aliphatic heterocycles. The van der Waals surface area contributed by atoms with E-state index in [9.17, 15) is 9.59 Å². The fraction of sp³-hybridized carbons (Fsp3) is 0.333. The van der Waals surface area contributed by atoms with Gasteiger partial charge in [0, 0.05) is 36.1 Å². The van der Waals surface area contributed by atoms with Crippen molar-refractivity contribution in [1.29, 1.82) is 0 Å². The summed E-state index contributed by atoms with van der Waals surface area (Å²) in [6.45, 7) is 3.77. The number of rotatable bonds is 4. The first-order valence-corrected chi connectivity index (χ1v) is 9.29. The highest BCUT2D eigenvalue weighted by Crippen LogP contribution is 2.21. The molecule has 2 aromatic carbocycles. The van der Waals surface area contributed by atoms with E-state index in [2.05, 4.69) is 5.32 Å². The molecule has 0 atom stereocenters. The maximum Gasteiger partial charge on any atom is 0.253 e. The standard InChI is InChI=1S/C21H23ClN2O2/c1-15-5-2-3-6-18(15)14-23-20(25)16-9-11-24(12-10-16)21(26)17-7-4-8-19(22)13-17/h2-8,13,16H,9-12,14H2,1H3,(H,23,25). The number of halogens is 1. The first-order valence-electron chi connectivity index (χ1n) is 8.91. The topological polar surface area (TPSA) is 49.4 Å². The van der Waals surface area contributed by atoms with Crippen LogP contribution in [0.2, 0.25) is 5.02 Å². The third-order valence-electron chi connectivity index (χ3n) is 4.94. The number of amides is 2. The molecular formula is C21H23ClN2O2. The first-order chi connectivity index (χ1) is 12.5. The van der Waals surface area contributed by atoms with Gasteiger partial charge in [0.15, 0.2) is 0 Å². The van der Waals surface area contributed by atoms with E-state index in [-0.39, 0.29) is 17.7 Å². The Kier molecular flexibility index (Phi) is 5.94. The molecule has 0 aromatic heterocycles. The number of carbonyl (C=O) groups excluding carboxylic acids is 2. The van der Waals surface area contributed by atoms with E-state index < -0.39 is 0 Å². The summed E-state index contributed by atoms with van der Waals surface area (Å²) in [6.07, 6.45) is 1.37. The van der Waals surface area contributed by atoms with Crippen molar-refractivity contribution in [2.24, 2.45) is 5.92 Å². The molecule has 1 heterocycles. The van der Waals surface area contributed by atoms with Crippen LogP contribution in [0.25, 0.3) is 0 Å². The maximum atomic E-state index is 12.5. The van der Waals surface area contributed by atoms with Crippen LogP contribution < -0.4 is 5.32 Å². The van der Waals surface area contributed by atoms with Gasteiger partial charge in [0.2, 0.25) is 5.91 Å². The number of piperidine rings is 1. The lowest BCUT2D eigenvalue weighted by Gasteiger charge is -2.31. The van der Waals surface area contributed by atoms with E-state index in [1.165, 1.54) is 5.56 Å². The number of carbonyl (C=O) groups is 2. The van der Waals surface area contributed by atoms with Crippen molar-refractivity contribution in [1.82, 2.24) is 10.2 Å². The lowest BCUT2D eigenvalue weighted by molar-refractivity contribution is -0.126. The molecule has 0 spiro atoms. The first kappa shape index (κ1) is 18.5. The summed E-state index contributed by atoms with van der Waals surface area (Å²) in [6, 6.07) is 15.0. The summed E-state index contributed by atoms with van der Waals surface area (Å²) in [4.78, 5) is 26.8. The van der Waals surface area contributed by atoms with Gasteiger partial charge in [-0.15, -0.1) is 0 Å². The van der Waals surface area contributed by atoms with Crippen LogP contribution in [-0.2, 0) is 11.3 Å². The van der Waals surface area contributed by atoms with Crippen molar-refractivity contribution in [2.75, 3.05) is 13.1 Å². The zero-order valence-electron chi connectivity index (χ0n) is 14.9. The van der Waals surface area contributed by atoms with E-state index in [4.69, 9.17) is 11.6 Å². The van der Waals surface area contributed by atoms with Gasteiger partial charge in [0.05, 0.1) is 0 Å². The number of nitrogens with zero attached hydrogens (tertiary/aromatic N) is 1. The molecule has 136 valence electrons. The van der Waals surface area contributed by atoms with Crippen LogP contribution in [0.1, 0.15) is 34.3 Å². The predicted molar refractivity (Wildman–Crippen MR) is 103 cm³/mol. The normalized spacial score (nSPS) is 14.9. The van der Waals surface area contributed by atoms with Crippen LogP contribution in [-0.4, -0.2) is 29.8 Å². The number of aryl methyl sites for hydroxylation is 1. The third kappa shape index (κ3) is 4.44. The van der Waals surface area contributed by atoms with Crippen molar-refractivity contribution < 1.29 is 9.59 Å². The molecule has 0 unspecified atom stereocenters. The Labute approximate surface area is 159 Å². The van der Waals surface area contributed by atoms with Crippen LogP contribution in [0, 0.1) is 12.8 Å². The quantitative estimate of drug-likeness (QED) is 0.889. The van der Waals surface area contributed by atoms with E-state index in [1.807, 2.05) is 31.2 Å². The largest absolute Gasteiger partial charge is 0.352 e. The number of benzene rings is 2. The summed E-state index contributed by atoms with van der Waals surface area (Å²) in [5, 5.41) is 3.59. The molecule has 1 aliphatic rings. The number of nitrogens with one attached hydrogen (secondary N) is 1. The van der Waals surface area contributed by atoms with Crippen LogP contribution in [0.4, 0.5) is 0 Å². The molecule has 3 rings (SSSR count). The average Bonchev–Trinajstić information content (AvgIpc) is 2.66. The molecule has 1 saturated heterocycles. The van der Waals surface area contributed by atoms with Crippen molar-refractivity contribution in [3.8, 4) is 0 Å². The second-order valence-electron chi connectivity index (χ2n) is 6.72. The summed E-state index contributed by atoms with van der Waals surface area (Å²) in [5.74, 6) is 0.0109. The summed E-state index contributed by atoms with van der Waals surface area (Å²) < 4.78 is 0. The monoisotopic (exact) mass is 370 g/mol. The van der Waals surface area contributed by atoms with Gasteiger partial charge < -0.3 is 10.2 Å². The van der Waals surface area contributed by atoms with Gasteiger partial charge in [-0.2, -0.15) is 0 Å². The molecule has 5 heteroatoms. The smallest absolute Gasteiger partial charge is 0.253 e. The minimum atomic E-state index is -0.0394. The Morgan fingerprint density at radius 2 is 1.85 bits per heavy atom. The van der Waals surface area contributed by atoms with Gasteiger partial charge in [0.25, 0.3) is 5.91 Å². The third-order valence-corrected chi connectivity index (χ3v) is 5.17. The van der Waals surface area contributed by atoms with E-state index in [0.717, 1.165) is 5.56 Å².